The summed E-state index contributed by atoms with van der Waals surface area (Å²) in [5.74, 6) is 2.44. The van der Waals surface area contributed by atoms with Crippen molar-refractivity contribution >= 4 is 0 Å². The van der Waals surface area contributed by atoms with E-state index in [4.69, 9.17) is 9.47 Å². The number of hydrogen-bond donors (Lipinski definition) is 1. The molecule has 4 rings (SSSR count). The first-order chi connectivity index (χ1) is 13.9. The highest BCUT2D eigenvalue weighted by molar-refractivity contribution is 5.45. The Morgan fingerprint density at radius 1 is 1.10 bits per heavy atom. The second kappa shape index (κ2) is 7.94. The van der Waals surface area contributed by atoms with E-state index in [9.17, 15) is 0 Å². The van der Waals surface area contributed by atoms with Crippen LogP contribution in [0.5, 0.6) is 11.5 Å². The van der Waals surface area contributed by atoms with Gasteiger partial charge in [0.2, 0.25) is 0 Å². The van der Waals surface area contributed by atoms with Crippen molar-refractivity contribution in [2.45, 2.75) is 83.3 Å². The smallest absolute Gasteiger partial charge is 0.173 e. The van der Waals surface area contributed by atoms with Gasteiger partial charge in [0, 0.05) is 5.54 Å². The summed E-state index contributed by atoms with van der Waals surface area (Å²) in [6.45, 7) is 9.84. The van der Waals surface area contributed by atoms with E-state index < -0.39 is 0 Å². The Balaban J connectivity index is 1.76. The van der Waals surface area contributed by atoms with Crippen LogP contribution in [0.2, 0.25) is 0 Å². The molecule has 0 saturated heterocycles. The molecule has 1 aliphatic heterocycles. The second-order valence-electron chi connectivity index (χ2n) is 9.29. The Morgan fingerprint density at radius 2 is 1.83 bits per heavy atom. The van der Waals surface area contributed by atoms with Crippen LogP contribution in [0.25, 0.3) is 0 Å². The summed E-state index contributed by atoms with van der Waals surface area (Å²) in [6.07, 6.45) is 7.30. The van der Waals surface area contributed by atoms with Crippen molar-refractivity contribution in [2.75, 3.05) is 13.2 Å². The van der Waals surface area contributed by atoms with Crippen LogP contribution in [-0.2, 0) is 5.54 Å². The molecule has 1 atom stereocenters. The lowest BCUT2D eigenvalue weighted by Crippen LogP contribution is -2.49. The van der Waals surface area contributed by atoms with Crippen molar-refractivity contribution in [1.82, 2.24) is 25.5 Å². The highest BCUT2D eigenvalue weighted by Crippen LogP contribution is 2.38. The van der Waals surface area contributed by atoms with Crippen LogP contribution in [0.4, 0.5) is 0 Å². The van der Waals surface area contributed by atoms with Crippen molar-refractivity contribution in [3.8, 4) is 11.5 Å². The van der Waals surface area contributed by atoms with Gasteiger partial charge in [0.15, 0.2) is 17.3 Å². The molecule has 29 heavy (non-hydrogen) atoms. The normalized spacial score (nSPS) is 19.7. The van der Waals surface area contributed by atoms with Crippen LogP contribution in [-0.4, -0.2) is 39.0 Å². The molecule has 2 aromatic rings. The Labute approximate surface area is 173 Å². The maximum absolute atomic E-state index is 5.86. The molecule has 7 heteroatoms. The monoisotopic (exact) mass is 399 g/mol. The fourth-order valence-electron chi connectivity index (χ4n) is 4.52. The van der Waals surface area contributed by atoms with E-state index in [1.54, 1.807) is 0 Å². The Hall–Kier alpha value is -2.15. The molecule has 1 aromatic heterocycles. The van der Waals surface area contributed by atoms with Crippen LogP contribution in [0.1, 0.15) is 83.6 Å². The minimum absolute atomic E-state index is 0.102. The first-order valence-corrected chi connectivity index (χ1v) is 10.9. The maximum Gasteiger partial charge on any atom is 0.173 e. The van der Waals surface area contributed by atoms with Gasteiger partial charge in [-0.1, -0.05) is 32.3 Å². The lowest BCUT2D eigenvalue weighted by molar-refractivity contribution is 0.170. The molecule has 1 saturated carbocycles. The molecule has 2 heterocycles. The van der Waals surface area contributed by atoms with Gasteiger partial charge in [-0.15, -0.1) is 5.10 Å². The molecule has 0 spiro atoms. The van der Waals surface area contributed by atoms with Crippen molar-refractivity contribution in [3.05, 3.63) is 29.6 Å². The molecular weight excluding hydrogens is 366 g/mol. The lowest BCUT2D eigenvalue weighted by Gasteiger charge is -2.41. The number of nitrogens with one attached hydrogen (secondary N) is 1. The SMILES string of the molecule is CCC1(NC(c2ccc3c(c2)OCCO3)c2nnnn2C(C)(C)C)CCCCC1. The van der Waals surface area contributed by atoms with Gasteiger partial charge < -0.3 is 9.47 Å². The average molecular weight is 400 g/mol. The molecule has 158 valence electrons. The molecule has 0 amide bonds. The van der Waals surface area contributed by atoms with E-state index in [0.717, 1.165) is 29.3 Å². The topological polar surface area (TPSA) is 74.1 Å². The summed E-state index contributed by atoms with van der Waals surface area (Å²) in [6, 6.07) is 6.08. The van der Waals surface area contributed by atoms with Crippen LogP contribution in [0, 0.1) is 0 Å². The molecule has 1 aromatic carbocycles. The Kier molecular flexibility index (Phi) is 5.51. The molecule has 0 radical (unpaired) electrons. The third kappa shape index (κ3) is 4.10. The lowest BCUT2D eigenvalue weighted by atomic mass is 9.78. The van der Waals surface area contributed by atoms with Crippen LogP contribution >= 0.6 is 0 Å². The zero-order chi connectivity index (χ0) is 20.5. The number of tetrazole rings is 1. The molecule has 1 unspecified atom stereocenters. The van der Waals surface area contributed by atoms with Crippen LogP contribution < -0.4 is 14.8 Å². The minimum atomic E-state index is -0.210. The third-order valence-electron chi connectivity index (χ3n) is 6.22. The van der Waals surface area contributed by atoms with E-state index in [0.29, 0.717) is 13.2 Å². The summed E-state index contributed by atoms with van der Waals surface area (Å²) >= 11 is 0. The minimum Gasteiger partial charge on any atom is -0.486 e. The summed E-state index contributed by atoms with van der Waals surface area (Å²) in [7, 11) is 0. The average Bonchev–Trinajstić information content (AvgIpc) is 3.23. The van der Waals surface area contributed by atoms with Gasteiger partial charge in [-0.3, -0.25) is 5.32 Å². The molecule has 2 aliphatic rings. The molecule has 1 aliphatic carbocycles. The number of aromatic nitrogens is 4. The predicted octanol–water partition coefficient (Wildman–Crippen LogP) is 3.99. The quantitative estimate of drug-likeness (QED) is 0.819. The van der Waals surface area contributed by atoms with Crippen LogP contribution in [0.3, 0.4) is 0 Å². The first kappa shape index (κ1) is 20.1. The van der Waals surface area contributed by atoms with Crippen molar-refractivity contribution in [3.63, 3.8) is 0 Å². The fraction of sp³-hybridized carbons (Fsp3) is 0.682. The number of fused-ring (bicyclic) bond motifs is 1. The number of nitrogens with zero attached hydrogens (tertiary/aromatic N) is 4. The van der Waals surface area contributed by atoms with Gasteiger partial charge in [0.1, 0.15) is 13.2 Å². The summed E-state index contributed by atoms with van der Waals surface area (Å²) in [5.41, 5.74) is 0.997. The molecule has 0 bridgehead atoms. The first-order valence-electron chi connectivity index (χ1n) is 10.9. The van der Waals surface area contributed by atoms with E-state index >= 15 is 0 Å². The van der Waals surface area contributed by atoms with E-state index in [1.165, 1.54) is 32.1 Å². The van der Waals surface area contributed by atoms with Crippen molar-refractivity contribution in [1.29, 1.82) is 0 Å². The molecular formula is C22H33N5O2. The van der Waals surface area contributed by atoms with Gasteiger partial charge in [0.25, 0.3) is 0 Å². The maximum atomic E-state index is 5.86. The fourth-order valence-corrected chi connectivity index (χ4v) is 4.52. The van der Waals surface area contributed by atoms with Gasteiger partial charge >= 0.3 is 0 Å². The predicted molar refractivity (Wildman–Crippen MR) is 111 cm³/mol. The van der Waals surface area contributed by atoms with E-state index in [-0.39, 0.29) is 17.1 Å². The number of ether oxygens (including phenoxy) is 2. The largest absolute Gasteiger partial charge is 0.486 e. The number of benzene rings is 1. The van der Waals surface area contributed by atoms with E-state index in [2.05, 4.69) is 60.7 Å². The molecule has 1 N–H and O–H groups in total. The van der Waals surface area contributed by atoms with Crippen molar-refractivity contribution < 1.29 is 9.47 Å². The number of hydrogen-bond acceptors (Lipinski definition) is 6. The van der Waals surface area contributed by atoms with Gasteiger partial charge in [-0.25, -0.2) is 4.68 Å². The summed E-state index contributed by atoms with van der Waals surface area (Å²) in [5, 5.41) is 16.8. The highest BCUT2D eigenvalue weighted by atomic mass is 16.6. The zero-order valence-corrected chi connectivity index (χ0v) is 18.1. The highest BCUT2D eigenvalue weighted by Gasteiger charge is 2.36. The summed E-state index contributed by atoms with van der Waals surface area (Å²) in [4.78, 5) is 0. The summed E-state index contributed by atoms with van der Waals surface area (Å²) < 4.78 is 13.5. The van der Waals surface area contributed by atoms with Gasteiger partial charge in [-0.05, 0) is 68.2 Å². The Bertz CT molecular complexity index is 836. The Morgan fingerprint density at radius 3 is 2.52 bits per heavy atom. The molecule has 1 fully saturated rings. The third-order valence-corrected chi connectivity index (χ3v) is 6.22. The van der Waals surface area contributed by atoms with Crippen molar-refractivity contribution in [2.24, 2.45) is 0 Å². The van der Waals surface area contributed by atoms with Gasteiger partial charge in [-0.2, -0.15) is 0 Å². The molecule has 7 nitrogen and oxygen atoms in total. The second-order valence-corrected chi connectivity index (χ2v) is 9.29. The van der Waals surface area contributed by atoms with Crippen LogP contribution in [0.15, 0.2) is 18.2 Å². The number of rotatable bonds is 5. The van der Waals surface area contributed by atoms with E-state index in [1.807, 2.05) is 10.7 Å². The standard InChI is InChI=1S/C22H33N5O2/c1-5-22(11-7-6-8-12-22)23-19(20-24-25-26-27(20)21(2,3)4)16-9-10-17-18(15-16)29-14-13-28-17/h9-10,15,19,23H,5-8,11-14H2,1-4H3. The zero-order valence-electron chi connectivity index (χ0n) is 18.1. The van der Waals surface area contributed by atoms with Gasteiger partial charge in [0.05, 0.1) is 11.6 Å².